The van der Waals surface area contributed by atoms with Gasteiger partial charge in [0.1, 0.15) is 17.6 Å². The van der Waals surface area contributed by atoms with Gasteiger partial charge >= 0.3 is 0 Å². The van der Waals surface area contributed by atoms with Crippen LogP contribution in [0.3, 0.4) is 0 Å². The molecular formula is C26H24ClFN6O3. The molecule has 2 heterocycles. The molecule has 0 radical (unpaired) electrons. The standard InChI is InChI=1S/C26H24ClFN6O3/c27-18-6-2-7-19(28)23(18)15-4-1-5-16(12-15)33-26(37)21-8-3-11-34(21)22(35)14-32-20-13-31-10-9-17(20)24(29)25(30)36/h1-2,4-7,9-10,12-13,21,29,32H,3,8,11,14H2,(H2,30,36)(H,33,37)/t21-/m0/s1. The smallest absolute Gasteiger partial charge is 0.267 e. The molecule has 0 spiro atoms. The molecule has 1 fully saturated rings. The number of rotatable bonds is 8. The summed E-state index contributed by atoms with van der Waals surface area (Å²) in [7, 11) is 0. The lowest BCUT2D eigenvalue weighted by molar-refractivity contribution is -0.135. The van der Waals surface area contributed by atoms with Gasteiger partial charge in [-0.05, 0) is 48.7 Å². The fourth-order valence-corrected chi connectivity index (χ4v) is 4.52. The highest BCUT2D eigenvalue weighted by atomic mass is 35.5. The van der Waals surface area contributed by atoms with E-state index in [4.69, 9.17) is 22.7 Å². The molecule has 11 heteroatoms. The van der Waals surface area contributed by atoms with Gasteiger partial charge in [-0.1, -0.05) is 29.8 Å². The third-order valence-corrected chi connectivity index (χ3v) is 6.34. The van der Waals surface area contributed by atoms with E-state index in [2.05, 4.69) is 15.6 Å². The van der Waals surface area contributed by atoms with Crippen molar-refractivity contribution in [2.24, 2.45) is 5.73 Å². The molecule has 1 aromatic heterocycles. The topological polar surface area (TPSA) is 141 Å². The molecule has 3 aromatic rings. The Balaban J connectivity index is 1.44. The second-order valence-corrected chi connectivity index (χ2v) is 8.83. The zero-order valence-corrected chi connectivity index (χ0v) is 20.4. The van der Waals surface area contributed by atoms with E-state index in [0.29, 0.717) is 36.3 Å². The number of nitrogens with zero attached hydrogens (tertiary/aromatic N) is 2. The van der Waals surface area contributed by atoms with Gasteiger partial charge in [0.25, 0.3) is 5.91 Å². The fraction of sp³-hybridized carbons (Fsp3) is 0.192. The molecule has 4 rings (SSSR count). The first-order chi connectivity index (χ1) is 17.8. The van der Waals surface area contributed by atoms with Crippen LogP contribution in [0.1, 0.15) is 18.4 Å². The number of pyridine rings is 1. The highest BCUT2D eigenvalue weighted by molar-refractivity contribution is 6.44. The van der Waals surface area contributed by atoms with E-state index in [-0.39, 0.29) is 34.5 Å². The van der Waals surface area contributed by atoms with Crippen molar-refractivity contribution in [3.63, 3.8) is 0 Å². The number of likely N-dealkylation sites (tertiary alicyclic amines) is 1. The molecule has 190 valence electrons. The average molecular weight is 523 g/mol. The number of anilines is 2. The number of carbonyl (C=O) groups is 3. The summed E-state index contributed by atoms with van der Waals surface area (Å²) in [6.45, 7) is 0.232. The summed E-state index contributed by atoms with van der Waals surface area (Å²) in [5, 5.41) is 13.8. The first-order valence-electron chi connectivity index (χ1n) is 11.5. The van der Waals surface area contributed by atoms with E-state index in [0.717, 1.165) is 0 Å². The molecule has 0 saturated carbocycles. The van der Waals surface area contributed by atoms with Crippen molar-refractivity contribution in [1.82, 2.24) is 9.88 Å². The lowest BCUT2D eigenvalue weighted by Crippen LogP contribution is -2.45. The van der Waals surface area contributed by atoms with Crippen LogP contribution in [0.5, 0.6) is 0 Å². The maximum absolute atomic E-state index is 14.4. The van der Waals surface area contributed by atoms with Crippen molar-refractivity contribution in [2.75, 3.05) is 23.7 Å². The lowest BCUT2D eigenvalue weighted by Gasteiger charge is -2.24. The molecule has 9 nitrogen and oxygen atoms in total. The third-order valence-electron chi connectivity index (χ3n) is 6.02. The van der Waals surface area contributed by atoms with Gasteiger partial charge in [0.15, 0.2) is 0 Å². The van der Waals surface area contributed by atoms with Crippen molar-refractivity contribution in [1.29, 1.82) is 5.41 Å². The maximum atomic E-state index is 14.4. The molecule has 3 amide bonds. The van der Waals surface area contributed by atoms with Crippen LogP contribution in [0.25, 0.3) is 11.1 Å². The minimum Gasteiger partial charge on any atom is -0.374 e. The van der Waals surface area contributed by atoms with E-state index < -0.39 is 23.5 Å². The van der Waals surface area contributed by atoms with Crippen LogP contribution < -0.4 is 16.4 Å². The number of nitrogens with one attached hydrogen (secondary N) is 3. The van der Waals surface area contributed by atoms with Crippen molar-refractivity contribution < 1.29 is 18.8 Å². The van der Waals surface area contributed by atoms with Crippen LogP contribution in [-0.2, 0) is 14.4 Å². The quantitative estimate of drug-likeness (QED) is 0.335. The van der Waals surface area contributed by atoms with Gasteiger partial charge in [-0.2, -0.15) is 0 Å². The molecule has 1 atom stereocenters. The average Bonchev–Trinajstić information content (AvgIpc) is 3.37. The number of aromatic nitrogens is 1. The van der Waals surface area contributed by atoms with E-state index in [1.807, 2.05) is 0 Å². The zero-order chi connectivity index (χ0) is 26.5. The van der Waals surface area contributed by atoms with Gasteiger partial charge in [0, 0.05) is 29.6 Å². The summed E-state index contributed by atoms with van der Waals surface area (Å²) in [6, 6.07) is 11.9. The van der Waals surface area contributed by atoms with Crippen LogP contribution in [0.15, 0.2) is 60.9 Å². The number of benzene rings is 2. The first-order valence-corrected chi connectivity index (χ1v) is 11.9. The Bertz CT molecular complexity index is 1360. The van der Waals surface area contributed by atoms with Gasteiger partial charge in [-0.3, -0.25) is 24.8 Å². The van der Waals surface area contributed by atoms with E-state index in [9.17, 15) is 18.8 Å². The molecule has 1 aliphatic heterocycles. The molecule has 1 saturated heterocycles. The van der Waals surface area contributed by atoms with E-state index >= 15 is 0 Å². The second kappa shape index (κ2) is 11.2. The zero-order valence-electron chi connectivity index (χ0n) is 19.6. The molecule has 37 heavy (non-hydrogen) atoms. The monoisotopic (exact) mass is 522 g/mol. The Kier molecular flexibility index (Phi) is 7.78. The van der Waals surface area contributed by atoms with Crippen LogP contribution >= 0.6 is 11.6 Å². The second-order valence-electron chi connectivity index (χ2n) is 8.43. The normalized spacial score (nSPS) is 14.8. The molecule has 0 bridgehead atoms. The lowest BCUT2D eigenvalue weighted by atomic mass is 10.0. The Morgan fingerprint density at radius 1 is 1.19 bits per heavy atom. The largest absolute Gasteiger partial charge is 0.374 e. The number of carbonyl (C=O) groups excluding carboxylic acids is 3. The summed E-state index contributed by atoms with van der Waals surface area (Å²) in [5.41, 5.74) is 6.53. The fourth-order valence-electron chi connectivity index (χ4n) is 4.25. The Morgan fingerprint density at radius 3 is 2.73 bits per heavy atom. The number of halogens is 2. The van der Waals surface area contributed by atoms with Gasteiger partial charge in [-0.25, -0.2) is 4.39 Å². The van der Waals surface area contributed by atoms with Crippen molar-refractivity contribution in [3.8, 4) is 11.1 Å². The maximum Gasteiger partial charge on any atom is 0.267 e. The Labute approximate surface area is 217 Å². The van der Waals surface area contributed by atoms with Crippen molar-refractivity contribution in [2.45, 2.75) is 18.9 Å². The predicted molar refractivity (Wildman–Crippen MR) is 139 cm³/mol. The van der Waals surface area contributed by atoms with Crippen molar-refractivity contribution >= 4 is 46.4 Å². The van der Waals surface area contributed by atoms with Gasteiger partial charge < -0.3 is 21.3 Å². The highest BCUT2D eigenvalue weighted by Gasteiger charge is 2.34. The van der Waals surface area contributed by atoms with E-state index in [1.165, 1.54) is 35.5 Å². The number of amides is 3. The van der Waals surface area contributed by atoms with Crippen molar-refractivity contribution in [3.05, 3.63) is 77.3 Å². The predicted octanol–water partition coefficient (Wildman–Crippen LogP) is 3.44. The van der Waals surface area contributed by atoms with Crippen LogP contribution in [-0.4, -0.2) is 52.4 Å². The summed E-state index contributed by atoms with van der Waals surface area (Å²) in [6.07, 6.45) is 3.94. The Hall–Kier alpha value is -4.31. The molecular weight excluding hydrogens is 499 g/mol. The molecule has 5 N–H and O–H groups in total. The highest BCUT2D eigenvalue weighted by Crippen LogP contribution is 2.32. The minimum atomic E-state index is -0.904. The van der Waals surface area contributed by atoms with Gasteiger partial charge in [-0.15, -0.1) is 0 Å². The van der Waals surface area contributed by atoms with Crippen LogP contribution in [0, 0.1) is 11.2 Å². The summed E-state index contributed by atoms with van der Waals surface area (Å²) in [4.78, 5) is 42.9. The Morgan fingerprint density at radius 2 is 1.97 bits per heavy atom. The summed E-state index contributed by atoms with van der Waals surface area (Å²) in [5.74, 6) is -2.07. The van der Waals surface area contributed by atoms with Gasteiger partial charge in [0.2, 0.25) is 11.8 Å². The third kappa shape index (κ3) is 5.75. The van der Waals surface area contributed by atoms with Crippen LogP contribution in [0.2, 0.25) is 5.02 Å². The summed E-state index contributed by atoms with van der Waals surface area (Å²) >= 11 is 6.18. The molecule has 1 aliphatic rings. The molecule has 0 aliphatic carbocycles. The minimum absolute atomic E-state index is 0.171. The molecule has 0 unspecified atom stereocenters. The van der Waals surface area contributed by atoms with E-state index in [1.54, 1.807) is 30.3 Å². The number of hydrogen-bond acceptors (Lipinski definition) is 6. The SMILES string of the molecule is N=C(C(N)=O)c1ccncc1NCC(=O)N1CCC[C@H]1C(=O)Nc1cccc(-c2c(F)cccc2Cl)c1. The molecule has 2 aromatic carbocycles. The number of primary amides is 1. The summed E-state index contributed by atoms with van der Waals surface area (Å²) < 4.78 is 14.4. The number of hydrogen-bond donors (Lipinski definition) is 4. The number of nitrogens with two attached hydrogens (primary N) is 1. The van der Waals surface area contributed by atoms with Crippen LogP contribution in [0.4, 0.5) is 15.8 Å². The van der Waals surface area contributed by atoms with Gasteiger partial charge in [0.05, 0.1) is 23.5 Å². The first kappa shape index (κ1) is 25.8.